The maximum absolute atomic E-state index is 5.67. The summed E-state index contributed by atoms with van der Waals surface area (Å²) in [7, 11) is 0. The Morgan fingerprint density at radius 3 is 2.82 bits per heavy atom. The zero-order valence-electron chi connectivity index (χ0n) is 10.3. The monoisotopic (exact) mass is 235 g/mol. The fourth-order valence-electron chi connectivity index (χ4n) is 2.89. The van der Waals surface area contributed by atoms with Crippen LogP contribution in [-0.4, -0.2) is 48.9 Å². The maximum atomic E-state index is 5.67. The van der Waals surface area contributed by atoms with Gasteiger partial charge in [0.25, 0.3) is 0 Å². The molecular weight excluding hydrogens is 214 g/mol. The first-order valence-electron chi connectivity index (χ1n) is 6.67. The topological polar surface area (TPSA) is 31.5 Å². The third-order valence-electron chi connectivity index (χ3n) is 3.81. The molecule has 1 aromatic rings. The molecule has 2 fully saturated rings. The van der Waals surface area contributed by atoms with Crippen LogP contribution >= 0.6 is 0 Å². The van der Waals surface area contributed by atoms with Crippen molar-refractivity contribution in [3.8, 4) is 0 Å². The van der Waals surface area contributed by atoms with Gasteiger partial charge in [-0.1, -0.05) is 6.42 Å². The second-order valence-electron chi connectivity index (χ2n) is 4.90. The Hall–Kier alpha value is -1.00. The van der Waals surface area contributed by atoms with Gasteiger partial charge < -0.3 is 14.6 Å². The van der Waals surface area contributed by atoms with Crippen molar-refractivity contribution in [3.63, 3.8) is 0 Å². The van der Waals surface area contributed by atoms with Crippen LogP contribution in [0.4, 0.5) is 5.82 Å². The molecule has 0 amide bonds. The van der Waals surface area contributed by atoms with Gasteiger partial charge in [-0.05, 0) is 25.0 Å². The molecule has 4 heteroatoms. The average Bonchev–Trinajstić information content (AvgIpc) is 2.94. The fourth-order valence-corrected chi connectivity index (χ4v) is 2.89. The summed E-state index contributed by atoms with van der Waals surface area (Å²) in [6.07, 6.45) is 6.46. The highest BCUT2D eigenvalue weighted by molar-refractivity contribution is 5.40. The molecule has 0 saturated carbocycles. The van der Waals surface area contributed by atoms with Crippen LogP contribution in [0, 0.1) is 0 Å². The van der Waals surface area contributed by atoms with Crippen molar-refractivity contribution in [2.75, 3.05) is 37.7 Å². The SMILES string of the molecule is c1c[nH]c(N2CCOCC2N2CCCCC2)c1. The van der Waals surface area contributed by atoms with Gasteiger partial charge >= 0.3 is 0 Å². The minimum absolute atomic E-state index is 0.419. The van der Waals surface area contributed by atoms with E-state index in [4.69, 9.17) is 4.74 Å². The van der Waals surface area contributed by atoms with Gasteiger partial charge in [0.2, 0.25) is 0 Å². The van der Waals surface area contributed by atoms with Crippen molar-refractivity contribution in [1.82, 2.24) is 9.88 Å². The second kappa shape index (κ2) is 5.10. The molecule has 2 saturated heterocycles. The Balaban J connectivity index is 1.75. The number of morpholine rings is 1. The van der Waals surface area contributed by atoms with Gasteiger partial charge in [0.1, 0.15) is 12.0 Å². The Kier molecular flexibility index (Phi) is 3.34. The standard InChI is InChI=1S/C13H21N3O/c1-2-7-15(8-3-1)13-11-17-10-9-16(13)12-5-4-6-14-12/h4-6,13-14H,1-3,7-11H2. The summed E-state index contributed by atoms with van der Waals surface area (Å²) in [5.41, 5.74) is 0. The van der Waals surface area contributed by atoms with Crippen LogP contribution in [0.5, 0.6) is 0 Å². The number of likely N-dealkylation sites (tertiary alicyclic amines) is 1. The summed E-state index contributed by atoms with van der Waals surface area (Å²) in [6, 6.07) is 4.22. The summed E-state index contributed by atoms with van der Waals surface area (Å²) in [6.45, 7) is 5.08. The van der Waals surface area contributed by atoms with Gasteiger partial charge in [0, 0.05) is 25.8 Å². The molecule has 1 aromatic heterocycles. The van der Waals surface area contributed by atoms with Gasteiger partial charge in [0.05, 0.1) is 13.2 Å². The fraction of sp³-hybridized carbons (Fsp3) is 0.692. The number of piperidine rings is 1. The summed E-state index contributed by atoms with van der Waals surface area (Å²) < 4.78 is 5.67. The van der Waals surface area contributed by atoms with Gasteiger partial charge in [0.15, 0.2) is 0 Å². The first-order valence-corrected chi connectivity index (χ1v) is 6.67. The predicted octanol–water partition coefficient (Wildman–Crippen LogP) is 1.66. The molecule has 1 unspecified atom stereocenters. The van der Waals surface area contributed by atoms with E-state index >= 15 is 0 Å². The van der Waals surface area contributed by atoms with E-state index in [2.05, 4.69) is 26.9 Å². The van der Waals surface area contributed by atoms with Crippen LogP contribution in [0.3, 0.4) is 0 Å². The van der Waals surface area contributed by atoms with Crippen LogP contribution in [0.2, 0.25) is 0 Å². The lowest BCUT2D eigenvalue weighted by Crippen LogP contribution is -2.56. The molecule has 0 aromatic carbocycles. The number of aromatic amines is 1. The minimum Gasteiger partial charge on any atom is -0.376 e. The van der Waals surface area contributed by atoms with E-state index in [0.717, 1.165) is 19.8 Å². The van der Waals surface area contributed by atoms with Crippen LogP contribution in [0.15, 0.2) is 18.3 Å². The van der Waals surface area contributed by atoms with Gasteiger partial charge in [-0.3, -0.25) is 4.90 Å². The molecule has 0 aliphatic carbocycles. The molecule has 4 nitrogen and oxygen atoms in total. The molecule has 0 spiro atoms. The third-order valence-corrected chi connectivity index (χ3v) is 3.81. The zero-order valence-corrected chi connectivity index (χ0v) is 10.3. The molecule has 1 atom stereocenters. The number of nitrogens with one attached hydrogen (secondary N) is 1. The van der Waals surface area contributed by atoms with E-state index < -0.39 is 0 Å². The van der Waals surface area contributed by atoms with E-state index in [-0.39, 0.29) is 0 Å². The third kappa shape index (κ3) is 2.33. The van der Waals surface area contributed by atoms with E-state index in [0.29, 0.717) is 6.17 Å². The van der Waals surface area contributed by atoms with Crippen LogP contribution in [-0.2, 0) is 4.74 Å². The van der Waals surface area contributed by atoms with Crippen molar-refractivity contribution in [2.24, 2.45) is 0 Å². The Morgan fingerprint density at radius 2 is 2.06 bits per heavy atom. The number of aromatic nitrogens is 1. The molecule has 3 heterocycles. The molecular formula is C13H21N3O. The first kappa shape index (κ1) is 11.1. The summed E-state index contributed by atoms with van der Waals surface area (Å²) in [5, 5.41) is 0. The van der Waals surface area contributed by atoms with E-state index in [9.17, 15) is 0 Å². The van der Waals surface area contributed by atoms with Crippen LogP contribution in [0.25, 0.3) is 0 Å². The minimum atomic E-state index is 0.419. The molecule has 3 rings (SSSR count). The lowest BCUT2D eigenvalue weighted by Gasteiger charge is -2.44. The van der Waals surface area contributed by atoms with Crippen LogP contribution in [0.1, 0.15) is 19.3 Å². The number of hydrogen-bond donors (Lipinski definition) is 1. The molecule has 0 radical (unpaired) electrons. The highest BCUT2D eigenvalue weighted by atomic mass is 16.5. The Morgan fingerprint density at radius 1 is 1.18 bits per heavy atom. The number of nitrogens with zero attached hydrogens (tertiary/aromatic N) is 2. The van der Waals surface area contributed by atoms with Gasteiger partial charge in [-0.25, -0.2) is 0 Å². The second-order valence-corrected chi connectivity index (χ2v) is 4.90. The summed E-state index contributed by atoms with van der Waals surface area (Å²) in [5.74, 6) is 1.23. The smallest absolute Gasteiger partial charge is 0.107 e. The number of rotatable bonds is 2. The van der Waals surface area contributed by atoms with Crippen LogP contribution < -0.4 is 4.90 Å². The maximum Gasteiger partial charge on any atom is 0.107 e. The molecule has 2 aliphatic rings. The van der Waals surface area contributed by atoms with Gasteiger partial charge in [-0.15, -0.1) is 0 Å². The zero-order chi connectivity index (χ0) is 11.5. The van der Waals surface area contributed by atoms with E-state index in [1.807, 2.05) is 6.20 Å². The molecule has 1 N–H and O–H groups in total. The average molecular weight is 235 g/mol. The highest BCUT2D eigenvalue weighted by Crippen LogP contribution is 2.22. The summed E-state index contributed by atoms with van der Waals surface area (Å²) in [4.78, 5) is 8.35. The van der Waals surface area contributed by atoms with E-state index in [1.54, 1.807) is 0 Å². The Labute approximate surface area is 103 Å². The lowest BCUT2D eigenvalue weighted by atomic mass is 10.1. The number of anilines is 1. The lowest BCUT2D eigenvalue weighted by molar-refractivity contribution is 0.0217. The molecule has 94 valence electrons. The van der Waals surface area contributed by atoms with Crippen molar-refractivity contribution < 1.29 is 4.74 Å². The molecule has 17 heavy (non-hydrogen) atoms. The number of ether oxygens (including phenoxy) is 1. The van der Waals surface area contributed by atoms with Crippen molar-refractivity contribution >= 4 is 5.82 Å². The highest BCUT2D eigenvalue weighted by Gasteiger charge is 2.29. The number of H-pyrrole nitrogens is 1. The molecule has 2 aliphatic heterocycles. The predicted molar refractivity (Wildman–Crippen MR) is 68.2 cm³/mol. The largest absolute Gasteiger partial charge is 0.376 e. The number of hydrogen-bond acceptors (Lipinski definition) is 3. The van der Waals surface area contributed by atoms with Crippen molar-refractivity contribution in [3.05, 3.63) is 18.3 Å². The normalized spacial score (nSPS) is 27.3. The van der Waals surface area contributed by atoms with Gasteiger partial charge in [-0.2, -0.15) is 0 Å². The summed E-state index contributed by atoms with van der Waals surface area (Å²) >= 11 is 0. The van der Waals surface area contributed by atoms with Crippen molar-refractivity contribution in [1.29, 1.82) is 0 Å². The molecule has 0 bridgehead atoms. The first-order chi connectivity index (χ1) is 8.45. The quantitative estimate of drug-likeness (QED) is 0.846. The Bertz CT molecular complexity index is 332. The van der Waals surface area contributed by atoms with E-state index in [1.165, 1.54) is 38.2 Å². The van der Waals surface area contributed by atoms with Crippen molar-refractivity contribution in [2.45, 2.75) is 25.4 Å².